The first-order valence-corrected chi connectivity index (χ1v) is 12.9. The Balaban J connectivity index is 1.59. The summed E-state index contributed by atoms with van der Waals surface area (Å²) in [7, 11) is 0.781. The predicted molar refractivity (Wildman–Crippen MR) is 130 cm³/mol. The second kappa shape index (κ2) is 9.64. The number of sulfonamides is 1. The van der Waals surface area contributed by atoms with Crippen molar-refractivity contribution >= 4 is 33.0 Å². The van der Waals surface area contributed by atoms with Gasteiger partial charge in [0, 0.05) is 25.5 Å². The molecular formula is C24H27N3O4S2. The lowest BCUT2D eigenvalue weighted by Crippen LogP contribution is -2.40. The Labute approximate surface area is 198 Å². The summed E-state index contributed by atoms with van der Waals surface area (Å²) in [6, 6.07) is 16.8. The van der Waals surface area contributed by atoms with Crippen molar-refractivity contribution in [1.29, 1.82) is 0 Å². The maximum atomic E-state index is 13.1. The molecule has 7 nitrogen and oxygen atoms in total. The molecule has 174 valence electrons. The molecule has 0 fully saturated rings. The Morgan fingerprint density at radius 3 is 2.64 bits per heavy atom. The van der Waals surface area contributed by atoms with E-state index in [9.17, 15) is 13.2 Å². The van der Waals surface area contributed by atoms with E-state index in [4.69, 9.17) is 4.74 Å². The molecule has 0 spiro atoms. The number of nitrogens with zero attached hydrogens (tertiary/aromatic N) is 2. The topological polar surface area (TPSA) is 79.0 Å². The van der Waals surface area contributed by atoms with Crippen LogP contribution in [0.25, 0.3) is 0 Å². The zero-order valence-electron chi connectivity index (χ0n) is 18.8. The van der Waals surface area contributed by atoms with Gasteiger partial charge in [-0.05, 0) is 47.2 Å². The van der Waals surface area contributed by atoms with Gasteiger partial charge in [0.25, 0.3) is 0 Å². The molecule has 0 saturated heterocycles. The van der Waals surface area contributed by atoms with E-state index in [1.54, 1.807) is 17.4 Å². The number of anilines is 1. The third-order valence-corrected chi connectivity index (χ3v) is 8.56. The summed E-state index contributed by atoms with van der Waals surface area (Å²) in [5.74, 6) is 0.173. The van der Waals surface area contributed by atoms with Gasteiger partial charge in [-0.3, -0.25) is 9.69 Å². The lowest BCUT2D eigenvalue weighted by molar-refractivity contribution is -0.117. The van der Waals surface area contributed by atoms with Gasteiger partial charge in [0.2, 0.25) is 15.9 Å². The van der Waals surface area contributed by atoms with E-state index >= 15 is 0 Å². The summed E-state index contributed by atoms with van der Waals surface area (Å²) in [6.07, 6.45) is 0.892. The summed E-state index contributed by atoms with van der Waals surface area (Å²) in [4.78, 5) is 16.7. The molecule has 3 aromatic rings. The van der Waals surface area contributed by atoms with Crippen LogP contribution in [0, 0.1) is 0 Å². The Kier molecular flexibility index (Phi) is 6.85. The number of thiophene rings is 1. The normalized spacial score (nSPS) is 16.4. The van der Waals surface area contributed by atoms with Crippen molar-refractivity contribution in [2.24, 2.45) is 0 Å². The Hall–Kier alpha value is -2.72. The van der Waals surface area contributed by atoms with Gasteiger partial charge in [0.15, 0.2) is 0 Å². The molecule has 0 bridgehead atoms. The fourth-order valence-corrected chi connectivity index (χ4v) is 5.93. The van der Waals surface area contributed by atoms with Crippen molar-refractivity contribution in [2.45, 2.75) is 17.4 Å². The number of fused-ring (bicyclic) bond motifs is 1. The molecule has 2 heterocycles. The molecule has 1 unspecified atom stereocenters. The van der Waals surface area contributed by atoms with Gasteiger partial charge in [-0.2, -0.15) is 0 Å². The van der Waals surface area contributed by atoms with Crippen LogP contribution in [0.2, 0.25) is 0 Å². The van der Waals surface area contributed by atoms with E-state index in [0.29, 0.717) is 11.4 Å². The summed E-state index contributed by atoms with van der Waals surface area (Å²) < 4.78 is 31.6. The minimum Gasteiger partial charge on any atom is -0.495 e. The molecule has 1 atom stereocenters. The van der Waals surface area contributed by atoms with E-state index in [0.717, 1.165) is 22.8 Å². The minimum atomic E-state index is -3.64. The fraction of sp³-hybridized carbons (Fsp3) is 0.292. The van der Waals surface area contributed by atoms with Crippen LogP contribution in [0.3, 0.4) is 0 Å². The zero-order valence-corrected chi connectivity index (χ0v) is 20.4. The smallest absolute Gasteiger partial charge is 0.242 e. The second-order valence-electron chi connectivity index (χ2n) is 8.03. The molecule has 0 aliphatic carbocycles. The molecule has 1 amide bonds. The van der Waals surface area contributed by atoms with Crippen LogP contribution in [-0.4, -0.2) is 57.8 Å². The lowest BCUT2D eigenvalue weighted by atomic mass is 9.93. The first kappa shape index (κ1) is 23.4. The first-order valence-electron chi connectivity index (χ1n) is 10.6. The average molecular weight is 486 g/mol. The number of carbonyl (C=O) groups excluding carboxylic acids is 1. The third-order valence-electron chi connectivity index (χ3n) is 5.75. The number of benzene rings is 2. The van der Waals surface area contributed by atoms with Crippen LogP contribution >= 0.6 is 11.3 Å². The molecule has 1 N–H and O–H groups in total. The average Bonchev–Trinajstić information content (AvgIpc) is 3.28. The van der Waals surface area contributed by atoms with Crippen molar-refractivity contribution in [3.63, 3.8) is 0 Å². The molecule has 2 aromatic carbocycles. The quantitative estimate of drug-likeness (QED) is 0.553. The monoisotopic (exact) mass is 485 g/mol. The van der Waals surface area contributed by atoms with Crippen molar-refractivity contribution < 1.29 is 17.9 Å². The van der Waals surface area contributed by atoms with Gasteiger partial charge in [0.1, 0.15) is 5.75 Å². The highest BCUT2D eigenvalue weighted by molar-refractivity contribution is 7.89. The number of amides is 1. The van der Waals surface area contributed by atoms with Crippen molar-refractivity contribution in [3.8, 4) is 5.75 Å². The number of ether oxygens (including phenoxy) is 1. The molecule has 33 heavy (non-hydrogen) atoms. The Morgan fingerprint density at radius 2 is 1.94 bits per heavy atom. The van der Waals surface area contributed by atoms with E-state index < -0.39 is 10.0 Å². The number of carbonyl (C=O) groups is 1. The lowest BCUT2D eigenvalue weighted by Gasteiger charge is -2.35. The summed E-state index contributed by atoms with van der Waals surface area (Å²) in [5.41, 5.74) is 2.71. The van der Waals surface area contributed by atoms with Crippen LogP contribution in [0.4, 0.5) is 5.69 Å². The summed E-state index contributed by atoms with van der Waals surface area (Å²) in [5, 5.41) is 4.97. The largest absolute Gasteiger partial charge is 0.495 e. The minimum absolute atomic E-state index is 0.00528. The van der Waals surface area contributed by atoms with Crippen LogP contribution < -0.4 is 10.1 Å². The highest BCUT2D eigenvalue weighted by Crippen LogP contribution is 2.37. The van der Waals surface area contributed by atoms with E-state index in [2.05, 4.69) is 33.8 Å². The molecule has 0 radical (unpaired) electrons. The Bertz CT molecular complexity index is 1240. The number of methoxy groups -OCH3 is 1. The predicted octanol–water partition coefficient (Wildman–Crippen LogP) is 3.59. The maximum absolute atomic E-state index is 13.1. The number of nitrogens with one attached hydrogen (secondary N) is 1. The summed E-state index contributed by atoms with van der Waals surface area (Å²) in [6.45, 7) is 0.926. The molecule has 1 aliphatic heterocycles. The molecule has 1 aromatic heterocycles. The summed E-state index contributed by atoms with van der Waals surface area (Å²) >= 11 is 1.75. The second-order valence-corrected chi connectivity index (χ2v) is 11.2. The maximum Gasteiger partial charge on any atom is 0.242 e. The van der Waals surface area contributed by atoms with E-state index in [-0.39, 0.29) is 23.4 Å². The highest BCUT2D eigenvalue weighted by Gasteiger charge is 2.31. The molecule has 4 rings (SSSR count). The highest BCUT2D eigenvalue weighted by atomic mass is 32.2. The third kappa shape index (κ3) is 4.81. The molecular weight excluding hydrogens is 458 g/mol. The van der Waals surface area contributed by atoms with Crippen molar-refractivity contribution in [2.75, 3.05) is 39.6 Å². The molecule has 0 saturated carbocycles. The van der Waals surface area contributed by atoms with Crippen LogP contribution in [-0.2, 0) is 21.2 Å². The van der Waals surface area contributed by atoms with Crippen LogP contribution in [0.1, 0.15) is 22.0 Å². The van der Waals surface area contributed by atoms with Gasteiger partial charge in [-0.15, -0.1) is 11.3 Å². The van der Waals surface area contributed by atoms with Gasteiger partial charge >= 0.3 is 0 Å². The molecule has 1 aliphatic rings. The number of rotatable bonds is 7. The molecule has 9 heteroatoms. The zero-order chi connectivity index (χ0) is 23.6. The van der Waals surface area contributed by atoms with Gasteiger partial charge in [-0.25, -0.2) is 12.7 Å². The van der Waals surface area contributed by atoms with Crippen LogP contribution in [0.15, 0.2) is 64.9 Å². The van der Waals surface area contributed by atoms with E-state index in [1.165, 1.54) is 43.8 Å². The van der Waals surface area contributed by atoms with Gasteiger partial charge in [-0.1, -0.05) is 30.3 Å². The van der Waals surface area contributed by atoms with Gasteiger partial charge in [0.05, 0.1) is 30.3 Å². The first-order chi connectivity index (χ1) is 15.8. The van der Waals surface area contributed by atoms with Crippen molar-refractivity contribution in [3.05, 3.63) is 76.0 Å². The van der Waals surface area contributed by atoms with Crippen molar-refractivity contribution in [1.82, 2.24) is 9.21 Å². The Morgan fingerprint density at radius 1 is 1.18 bits per heavy atom. The standard InChI is InChI=1S/C24H27N3O4S2/c1-26(2)33(29,30)18-9-10-21(31-3)20(15-18)25-23(28)16-27-13-11-22-19(12-14-32-22)24(27)17-7-5-4-6-8-17/h4-10,12,14-15,24H,11,13,16H2,1-3H3,(H,25,28). The van der Waals surface area contributed by atoms with E-state index in [1.807, 2.05) is 18.2 Å². The van der Waals surface area contributed by atoms with Gasteiger partial charge < -0.3 is 10.1 Å². The van der Waals surface area contributed by atoms with Crippen LogP contribution in [0.5, 0.6) is 5.75 Å². The fourth-order valence-electron chi connectivity index (χ4n) is 4.09. The SMILES string of the molecule is COc1ccc(S(=O)(=O)N(C)C)cc1NC(=O)CN1CCc2sccc2C1c1ccccc1. The number of hydrogen-bond acceptors (Lipinski definition) is 6. The number of hydrogen-bond donors (Lipinski definition) is 1.